The number of carbonyl (C=O) groups excluding carboxylic acids is 1. The fourth-order valence-corrected chi connectivity index (χ4v) is 3.84. The zero-order valence-corrected chi connectivity index (χ0v) is 15.2. The predicted octanol–water partition coefficient (Wildman–Crippen LogP) is 4.38. The Morgan fingerprint density at radius 3 is 2.81 bits per heavy atom. The van der Waals surface area contributed by atoms with E-state index >= 15 is 0 Å². The number of aromatic nitrogens is 1. The molecule has 0 radical (unpaired) electrons. The summed E-state index contributed by atoms with van der Waals surface area (Å²) in [6.45, 7) is 1.91. The average molecular weight is 389 g/mol. The van der Waals surface area contributed by atoms with Crippen molar-refractivity contribution in [3.63, 3.8) is 0 Å². The summed E-state index contributed by atoms with van der Waals surface area (Å²) in [6, 6.07) is 9.95. The lowest BCUT2D eigenvalue weighted by Gasteiger charge is -2.14. The molecule has 0 fully saturated rings. The Bertz CT molecular complexity index is 1140. The first-order chi connectivity index (χ1) is 12.4. The number of halogens is 2. The molecule has 1 aliphatic heterocycles. The number of hydrogen-bond acceptors (Lipinski definition) is 3. The van der Waals surface area contributed by atoms with Crippen molar-refractivity contribution >= 4 is 45.7 Å². The highest BCUT2D eigenvalue weighted by molar-refractivity contribution is 6.36. The summed E-state index contributed by atoms with van der Waals surface area (Å²) in [6.07, 6.45) is 0.678. The van der Waals surface area contributed by atoms with Crippen LogP contribution in [0.1, 0.15) is 28.9 Å². The molecule has 1 amide bonds. The molecular formula is C19H14Cl2N2O3. The van der Waals surface area contributed by atoms with Gasteiger partial charge in [-0.1, -0.05) is 35.3 Å². The van der Waals surface area contributed by atoms with Gasteiger partial charge in [0.05, 0.1) is 16.2 Å². The van der Waals surface area contributed by atoms with Crippen LogP contribution in [0.3, 0.4) is 0 Å². The summed E-state index contributed by atoms with van der Waals surface area (Å²) in [7, 11) is 0. The Hall–Kier alpha value is -2.50. The quantitative estimate of drug-likeness (QED) is 0.683. The number of rotatable bonds is 2. The van der Waals surface area contributed by atoms with Crippen molar-refractivity contribution in [2.75, 3.05) is 5.32 Å². The molecule has 0 spiro atoms. The van der Waals surface area contributed by atoms with E-state index in [1.54, 1.807) is 28.8 Å². The number of carbonyl (C=O) groups is 1. The summed E-state index contributed by atoms with van der Waals surface area (Å²) in [4.78, 5) is 25.7. The topological polar surface area (TPSA) is 71.3 Å². The number of nitrogens with zero attached hydrogens (tertiary/aromatic N) is 1. The third-order valence-corrected chi connectivity index (χ3v) is 5.21. The summed E-state index contributed by atoms with van der Waals surface area (Å²) < 4.78 is 1.57. The van der Waals surface area contributed by atoms with E-state index in [0.717, 1.165) is 5.56 Å². The molecule has 2 heterocycles. The molecule has 2 N–H and O–H groups in total. The van der Waals surface area contributed by atoms with Crippen LogP contribution in [0.15, 0.2) is 41.2 Å². The Kier molecular flexibility index (Phi) is 3.93. The largest absolute Gasteiger partial charge is 0.506 e. The molecular weight excluding hydrogens is 375 g/mol. The standard InChI is InChI=1S/C19H14Cl2N2O3/c1-9-7-10-3-2-4-12-16(10)23(9)19(26)15(17(12)24)18(25)22-14-8-11(20)5-6-13(14)21/h2-6,8-9,24H,7H2,1H3,(H,22,25)/t9-/m0/s1. The molecule has 7 heteroatoms. The van der Waals surface area contributed by atoms with Gasteiger partial charge in [0.15, 0.2) is 0 Å². The van der Waals surface area contributed by atoms with Gasteiger partial charge in [0, 0.05) is 16.5 Å². The van der Waals surface area contributed by atoms with Gasteiger partial charge in [-0.3, -0.25) is 9.59 Å². The van der Waals surface area contributed by atoms with Crippen molar-refractivity contribution in [2.24, 2.45) is 0 Å². The minimum Gasteiger partial charge on any atom is -0.506 e. The number of amides is 1. The zero-order chi connectivity index (χ0) is 18.6. The zero-order valence-electron chi connectivity index (χ0n) is 13.7. The highest BCUT2D eigenvalue weighted by Gasteiger charge is 2.29. The summed E-state index contributed by atoms with van der Waals surface area (Å²) in [5, 5.41) is 14.4. The molecule has 0 aliphatic carbocycles. The normalized spacial score (nSPS) is 15.4. The van der Waals surface area contributed by atoms with E-state index in [-0.39, 0.29) is 28.1 Å². The van der Waals surface area contributed by atoms with Crippen LogP contribution in [0.5, 0.6) is 5.75 Å². The fraction of sp³-hybridized carbons (Fsp3) is 0.158. The number of aromatic hydroxyl groups is 1. The van der Waals surface area contributed by atoms with E-state index in [4.69, 9.17) is 23.2 Å². The average Bonchev–Trinajstić information content (AvgIpc) is 2.93. The molecule has 0 bridgehead atoms. The van der Waals surface area contributed by atoms with E-state index in [2.05, 4.69) is 5.32 Å². The molecule has 0 unspecified atom stereocenters. The SMILES string of the molecule is C[C@H]1Cc2cccc3c(O)c(C(=O)Nc4cc(Cl)ccc4Cl)c(=O)n1c23. The van der Waals surface area contributed by atoms with Crippen LogP contribution in [0, 0.1) is 0 Å². The second-order valence-electron chi connectivity index (χ2n) is 6.34. The third-order valence-electron chi connectivity index (χ3n) is 4.64. The number of hydrogen-bond donors (Lipinski definition) is 2. The van der Waals surface area contributed by atoms with Crippen LogP contribution in [-0.4, -0.2) is 15.6 Å². The molecule has 5 nitrogen and oxygen atoms in total. The first kappa shape index (κ1) is 16.9. The molecule has 0 saturated carbocycles. The third kappa shape index (κ3) is 2.47. The van der Waals surface area contributed by atoms with Crippen LogP contribution in [0.2, 0.25) is 10.0 Å². The van der Waals surface area contributed by atoms with Gasteiger partial charge in [-0.15, -0.1) is 0 Å². The molecule has 3 aromatic rings. The fourth-order valence-electron chi connectivity index (χ4n) is 3.50. The predicted molar refractivity (Wildman–Crippen MR) is 103 cm³/mol. The van der Waals surface area contributed by atoms with E-state index < -0.39 is 11.5 Å². The van der Waals surface area contributed by atoms with E-state index in [1.165, 1.54) is 6.07 Å². The van der Waals surface area contributed by atoms with Crippen molar-refractivity contribution in [1.29, 1.82) is 0 Å². The lowest BCUT2D eigenvalue weighted by atomic mass is 10.1. The van der Waals surface area contributed by atoms with Crippen LogP contribution in [0.4, 0.5) is 5.69 Å². The van der Waals surface area contributed by atoms with Crippen LogP contribution >= 0.6 is 23.2 Å². The Balaban J connectivity index is 1.89. The van der Waals surface area contributed by atoms with Gasteiger partial charge in [-0.25, -0.2) is 0 Å². The monoisotopic (exact) mass is 388 g/mol. The Morgan fingerprint density at radius 2 is 2.04 bits per heavy atom. The van der Waals surface area contributed by atoms with Gasteiger partial charge in [-0.05, 0) is 43.2 Å². The van der Waals surface area contributed by atoms with Crippen molar-refractivity contribution < 1.29 is 9.90 Å². The maximum absolute atomic E-state index is 12.9. The molecule has 2 aromatic carbocycles. The lowest BCUT2D eigenvalue weighted by molar-refractivity contribution is 0.102. The number of pyridine rings is 1. The number of benzene rings is 2. The van der Waals surface area contributed by atoms with Crippen LogP contribution < -0.4 is 10.9 Å². The summed E-state index contributed by atoms with van der Waals surface area (Å²) in [5.41, 5.74) is 1.10. The highest BCUT2D eigenvalue weighted by atomic mass is 35.5. The first-order valence-electron chi connectivity index (χ1n) is 8.04. The Morgan fingerprint density at radius 1 is 1.27 bits per heavy atom. The summed E-state index contributed by atoms with van der Waals surface area (Å²) in [5.74, 6) is -1.06. The smallest absolute Gasteiger partial charge is 0.268 e. The van der Waals surface area contributed by atoms with Crippen molar-refractivity contribution in [2.45, 2.75) is 19.4 Å². The van der Waals surface area contributed by atoms with Gasteiger partial charge in [0.1, 0.15) is 11.3 Å². The second-order valence-corrected chi connectivity index (χ2v) is 7.19. The Labute approximate surface area is 158 Å². The van der Waals surface area contributed by atoms with Crippen molar-refractivity contribution in [3.05, 3.63) is 67.9 Å². The van der Waals surface area contributed by atoms with Gasteiger partial charge in [-0.2, -0.15) is 0 Å². The van der Waals surface area contributed by atoms with Crippen molar-refractivity contribution in [1.82, 2.24) is 4.57 Å². The van der Waals surface area contributed by atoms with Gasteiger partial charge >= 0.3 is 0 Å². The maximum Gasteiger partial charge on any atom is 0.268 e. The van der Waals surface area contributed by atoms with E-state index in [1.807, 2.05) is 13.0 Å². The molecule has 4 rings (SSSR count). The van der Waals surface area contributed by atoms with E-state index in [9.17, 15) is 14.7 Å². The van der Waals surface area contributed by atoms with Crippen LogP contribution in [0.25, 0.3) is 10.9 Å². The number of anilines is 1. The van der Waals surface area contributed by atoms with E-state index in [0.29, 0.717) is 22.3 Å². The van der Waals surface area contributed by atoms with Gasteiger partial charge in [0.25, 0.3) is 11.5 Å². The maximum atomic E-state index is 12.9. The summed E-state index contributed by atoms with van der Waals surface area (Å²) >= 11 is 12.0. The molecule has 0 saturated heterocycles. The molecule has 1 aromatic heterocycles. The molecule has 1 aliphatic rings. The molecule has 1 atom stereocenters. The minimum atomic E-state index is -0.730. The highest BCUT2D eigenvalue weighted by Crippen LogP contribution is 2.36. The molecule has 26 heavy (non-hydrogen) atoms. The number of para-hydroxylation sites is 1. The second kappa shape index (κ2) is 6.04. The number of nitrogens with one attached hydrogen (secondary N) is 1. The minimum absolute atomic E-state index is 0.0932. The first-order valence-corrected chi connectivity index (χ1v) is 8.79. The lowest BCUT2D eigenvalue weighted by Crippen LogP contribution is -2.30. The van der Waals surface area contributed by atoms with Crippen LogP contribution in [-0.2, 0) is 6.42 Å². The van der Waals surface area contributed by atoms with Gasteiger partial charge < -0.3 is 15.0 Å². The molecule has 132 valence electrons. The van der Waals surface area contributed by atoms with Gasteiger partial charge in [0.2, 0.25) is 0 Å². The van der Waals surface area contributed by atoms with Crippen molar-refractivity contribution in [3.8, 4) is 5.75 Å².